The zero-order valence-electron chi connectivity index (χ0n) is 15.7. The maximum absolute atomic E-state index is 12.8. The van der Waals surface area contributed by atoms with Crippen LogP contribution in [0.5, 0.6) is 0 Å². The number of nitrogens with two attached hydrogens (primary N) is 1. The summed E-state index contributed by atoms with van der Waals surface area (Å²) >= 11 is 6.02. The number of amides is 1. The molecule has 7 heteroatoms. The van der Waals surface area contributed by atoms with Crippen molar-refractivity contribution >= 4 is 23.2 Å². The van der Waals surface area contributed by atoms with Crippen molar-refractivity contribution < 1.29 is 4.79 Å². The summed E-state index contributed by atoms with van der Waals surface area (Å²) in [4.78, 5) is 14.6. The van der Waals surface area contributed by atoms with Gasteiger partial charge in [0.2, 0.25) is 0 Å². The lowest BCUT2D eigenvalue weighted by Gasteiger charge is -2.39. The summed E-state index contributed by atoms with van der Waals surface area (Å²) in [6, 6.07) is 16.3. The largest absolute Gasteiger partial charge is 0.389 e. The standard InChI is InChI=1S/C22H18ClN5O/c1-13-2-5-16(8-18(13)21(27)20(23)19(26)10-25)22(29)28-11-17(12-28)15-6-3-14(9-24)4-7-15/h2-8,17,27H,11-12,26H2,1H3/b20-19+,27-21?. The first-order valence-corrected chi connectivity index (χ1v) is 9.28. The van der Waals surface area contributed by atoms with E-state index in [1.807, 2.05) is 12.1 Å². The SMILES string of the molecule is Cc1ccc(C(=O)N2CC(c3ccc(C#N)cc3)C2)cc1C(=N)/C(Cl)=C(\N)C#N. The van der Waals surface area contributed by atoms with E-state index in [1.54, 1.807) is 48.2 Å². The predicted molar refractivity (Wildman–Crippen MR) is 110 cm³/mol. The van der Waals surface area contributed by atoms with Gasteiger partial charge in [0.1, 0.15) is 11.8 Å². The monoisotopic (exact) mass is 403 g/mol. The molecule has 1 fully saturated rings. The second kappa shape index (κ2) is 8.18. The van der Waals surface area contributed by atoms with Gasteiger partial charge in [-0.05, 0) is 42.3 Å². The van der Waals surface area contributed by atoms with Crippen molar-refractivity contribution in [1.29, 1.82) is 15.9 Å². The van der Waals surface area contributed by atoms with Gasteiger partial charge in [-0.2, -0.15) is 10.5 Å². The van der Waals surface area contributed by atoms with Crippen molar-refractivity contribution in [2.45, 2.75) is 12.8 Å². The van der Waals surface area contributed by atoms with Crippen LogP contribution in [-0.2, 0) is 0 Å². The molecule has 3 N–H and O–H groups in total. The number of hydrogen-bond donors (Lipinski definition) is 2. The average Bonchev–Trinajstić information content (AvgIpc) is 2.71. The summed E-state index contributed by atoms with van der Waals surface area (Å²) in [5, 5.41) is 25.9. The smallest absolute Gasteiger partial charge is 0.253 e. The number of nitrogens with one attached hydrogen (secondary N) is 1. The van der Waals surface area contributed by atoms with Gasteiger partial charge in [0.15, 0.2) is 0 Å². The van der Waals surface area contributed by atoms with Crippen LogP contribution in [0.25, 0.3) is 0 Å². The zero-order valence-corrected chi connectivity index (χ0v) is 16.5. The summed E-state index contributed by atoms with van der Waals surface area (Å²) in [5.41, 5.74) is 8.59. The number of nitrogens with zero attached hydrogens (tertiary/aromatic N) is 3. The summed E-state index contributed by atoms with van der Waals surface area (Å²) in [6.07, 6.45) is 0. The van der Waals surface area contributed by atoms with Crippen LogP contribution < -0.4 is 5.73 Å². The number of benzene rings is 2. The Labute approximate surface area is 173 Å². The Morgan fingerprint density at radius 1 is 1.21 bits per heavy atom. The number of carbonyl (C=O) groups is 1. The molecule has 0 aliphatic carbocycles. The summed E-state index contributed by atoms with van der Waals surface area (Å²) in [5.74, 6) is 0.111. The van der Waals surface area contributed by atoms with E-state index in [2.05, 4.69) is 6.07 Å². The lowest BCUT2D eigenvalue weighted by Crippen LogP contribution is -2.48. The van der Waals surface area contributed by atoms with Crippen LogP contribution in [0.3, 0.4) is 0 Å². The van der Waals surface area contributed by atoms with Gasteiger partial charge in [0.25, 0.3) is 5.91 Å². The van der Waals surface area contributed by atoms with Crippen LogP contribution in [0, 0.1) is 35.0 Å². The minimum atomic E-state index is -0.235. The van der Waals surface area contributed by atoms with Crippen molar-refractivity contribution in [3.05, 3.63) is 81.0 Å². The first-order valence-electron chi connectivity index (χ1n) is 8.90. The van der Waals surface area contributed by atoms with Crippen LogP contribution in [-0.4, -0.2) is 29.6 Å². The molecule has 1 aliphatic rings. The van der Waals surface area contributed by atoms with E-state index >= 15 is 0 Å². The molecule has 0 aromatic heterocycles. The molecule has 0 saturated carbocycles. The highest BCUT2D eigenvalue weighted by atomic mass is 35.5. The third kappa shape index (κ3) is 3.99. The van der Waals surface area contributed by atoms with Crippen molar-refractivity contribution in [1.82, 2.24) is 4.90 Å². The number of halogens is 1. The fourth-order valence-electron chi connectivity index (χ4n) is 3.19. The Kier molecular flexibility index (Phi) is 5.68. The Balaban J connectivity index is 1.75. The Morgan fingerprint density at radius 3 is 2.45 bits per heavy atom. The third-order valence-electron chi connectivity index (χ3n) is 5.01. The maximum atomic E-state index is 12.8. The van der Waals surface area contributed by atoms with Gasteiger partial charge in [-0.15, -0.1) is 0 Å². The first kappa shape index (κ1) is 20.1. The van der Waals surface area contributed by atoms with E-state index < -0.39 is 0 Å². The van der Waals surface area contributed by atoms with E-state index in [1.165, 1.54) is 0 Å². The molecular formula is C22H18ClN5O. The van der Waals surface area contributed by atoms with E-state index in [0.29, 0.717) is 29.8 Å². The normalized spacial score (nSPS) is 14.3. The highest BCUT2D eigenvalue weighted by Gasteiger charge is 2.32. The van der Waals surface area contributed by atoms with Crippen LogP contribution in [0.15, 0.2) is 53.2 Å². The quantitative estimate of drug-likeness (QED) is 0.600. The number of aryl methyl sites for hydroxylation is 1. The van der Waals surface area contributed by atoms with Crippen LogP contribution in [0.1, 0.15) is 38.5 Å². The third-order valence-corrected chi connectivity index (χ3v) is 5.40. The van der Waals surface area contributed by atoms with Crippen LogP contribution >= 0.6 is 11.6 Å². The zero-order chi connectivity index (χ0) is 21.1. The van der Waals surface area contributed by atoms with Crippen LogP contribution in [0.4, 0.5) is 0 Å². The Bertz CT molecular complexity index is 1100. The molecule has 6 nitrogen and oxygen atoms in total. The second-order valence-electron chi connectivity index (χ2n) is 6.89. The highest BCUT2D eigenvalue weighted by Crippen LogP contribution is 2.29. The van der Waals surface area contributed by atoms with Crippen molar-refractivity contribution in [3.8, 4) is 12.1 Å². The number of carbonyl (C=O) groups excluding carboxylic acids is 1. The molecule has 0 atom stereocenters. The van der Waals surface area contributed by atoms with E-state index in [4.69, 9.17) is 33.3 Å². The van der Waals surface area contributed by atoms with Gasteiger partial charge in [-0.3, -0.25) is 10.2 Å². The summed E-state index contributed by atoms with van der Waals surface area (Å²) in [7, 11) is 0. The second-order valence-corrected chi connectivity index (χ2v) is 7.26. The van der Waals surface area contributed by atoms with Crippen molar-refractivity contribution in [2.75, 3.05) is 13.1 Å². The van der Waals surface area contributed by atoms with Gasteiger partial charge >= 0.3 is 0 Å². The average molecular weight is 404 g/mol. The molecule has 2 aromatic rings. The topological polar surface area (TPSA) is 118 Å². The molecule has 0 spiro atoms. The molecule has 3 rings (SSSR count). The first-order chi connectivity index (χ1) is 13.8. The number of likely N-dealkylation sites (tertiary alicyclic amines) is 1. The fraction of sp³-hybridized carbons (Fsp3) is 0.182. The number of nitriles is 2. The van der Waals surface area contributed by atoms with E-state index in [0.717, 1.165) is 11.1 Å². The molecule has 0 radical (unpaired) electrons. The minimum Gasteiger partial charge on any atom is -0.389 e. The molecule has 2 aromatic carbocycles. The fourth-order valence-corrected chi connectivity index (χ4v) is 3.34. The number of hydrogen-bond acceptors (Lipinski definition) is 5. The summed E-state index contributed by atoms with van der Waals surface area (Å²) < 4.78 is 0. The lowest BCUT2D eigenvalue weighted by atomic mass is 9.90. The molecule has 0 unspecified atom stereocenters. The Morgan fingerprint density at radius 2 is 1.86 bits per heavy atom. The lowest BCUT2D eigenvalue weighted by molar-refractivity contribution is 0.0602. The maximum Gasteiger partial charge on any atom is 0.253 e. The van der Waals surface area contributed by atoms with Gasteiger partial charge in [-0.25, -0.2) is 0 Å². The van der Waals surface area contributed by atoms with Crippen molar-refractivity contribution in [2.24, 2.45) is 5.73 Å². The molecular weight excluding hydrogens is 386 g/mol. The Hall–Kier alpha value is -3.61. The molecule has 144 valence electrons. The molecule has 1 heterocycles. The van der Waals surface area contributed by atoms with Gasteiger partial charge in [0.05, 0.1) is 22.4 Å². The predicted octanol–water partition coefficient (Wildman–Crippen LogP) is 3.41. The molecule has 1 aliphatic heterocycles. The summed E-state index contributed by atoms with van der Waals surface area (Å²) in [6.45, 7) is 2.98. The molecule has 1 saturated heterocycles. The van der Waals surface area contributed by atoms with Gasteiger partial charge in [0, 0.05) is 30.1 Å². The van der Waals surface area contributed by atoms with E-state index in [9.17, 15) is 4.79 Å². The number of rotatable bonds is 4. The van der Waals surface area contributed by atoms with Gasteiger partial charge < -0.3 is 10.6 Å². The molecule has 1 amide bonds. The van der Waals surface area contributed by atoms with Crippen molar-refractivity contribution in [3.63, 3.8) is 0 Å². The number of allylic oxidation sites excluding steroid dienone is 2. The highest BCUT2D eigenvalue weighted by molar-refractivity contribution is 6.46. The molecule has 0 bridgehead atoms. The molecule has 29 heavy (non-hydrogen) atoms. The van der Waals surface area contributed by atoms with Crippen LogP contribution in [0.2, 0.25) is 0 Å². The minimum absolute atomic E-state index is 0.0862. The van der Waals surface area contributed by atoms with Gasteiger partial charge in [-0.1, -0.05) is 29.8 Å². The van der Waals surface area contributed by atoms with E-state index in [-0.39, 0.29) is 28.3 Å².